The molecule has 0 fully saturated rings. The van der Waals surface area contributed by atoms with Crippen molar-refractivity contribution in [2.75, 3.05) is 27.4 Å². The molecule has 6 rings (SSSR count). The first-order valence-electron chi connectivity index (χ1n) is 16.3. The molecular weight excluding hydrogens is 624 g/mol. The number of methoxy groups -OCH3 is 2. The molecule has 0 saturated heterocycles. The van der Waals surface area contributed by atoms with Crippen molar-refractivity contribution in [3.63, 3.8) is 0 Å². The molecule has 6 aromatic rings. The summed E-state index contributed by atoms with van der Waals surface area (Å²) in [5.74, 6) is 0.176. The monoisotopic (exact) mass is 662 g/mol. The second kappa shape index (κ2) is 15.4. The molecule has 0 aliphatic heterocycles. The van der Waals surface area contributed by atoms with Crippen LogP contribution in [0.1, 0.15) is 22.3 Å². The molecule has 0 saturated carbocycles. The second-order valence-electron chi connectivity index (χ2n) is 12.0. The zero-order valence-electron chi connectivity index (χ0n) is 28.6. The number of esters is 2. The SMILES string of the molecule is COC(=O)/C(=C\c1ccc(C)cc1)COc1ccc2ccccc2c1-c1c(OC/C(=C/c2ccc(C)cc2)C(=O)OC)ccc2ccccc12. The molecule has 6 nitrogen and oxygen atoms in total. The van der Waals surface area contributed by atoms with Crippen molar-refractivity contribution >= 4 is 45.6 Å². The average Bonchev–Trinajstić information content (AvgIpc) is 3.15. The molecule has 250 valence electrons. The third-order valence-corrected chi connectivity index (χ3v) is 8.53. The highest BCUT2D eigenvalue weighted by molar-refractivity contribution is 6.10. The van der Waals surface area contributed by atoms with Crippen LogP contribution in [0.15, 0.2) is 132 Å². The summed E-state index contributed by atoms with van der Waals surface area (Å²) in [6.45, 7) is 3.97. The molecule has 0 aliphatic carbocycles. The van der Waals surface area contributed by atoms with E-state index >= 15 is 0 Å². The number of aryl methyl sites for hydroxylation is 2. The molecule has 0 unspecified atom stereocenters. The fourth-order valence-electron chi connectivity index (χ4n) is 5.88. The zero-order chi connectivity index (χ0) is 35.0. The van der Waals surface area contributed by atoms with E-state index in [1.165, 1.54) is 14.2 Å². The Morgan fingerprint density at radius 1 is 0.500 bits per heavy atom. The van der Waals surface area contributed by atoms with E-state index in [0.29, 0.717) is 22.6 Å². The van der Waals surface area contributed by atoms with Crippen molar-refractivity contribution in [1.82, 2.24) is 0 Å². The molecule has 0 spiro atoms. The number of carbonyl (C=O) groups excluding carboxylic acids is 2. The van der Waals surface area contributed by atoms with Gasteiger partial charge in [-0.2, -0.15) is 0 Å². The Morgan fingerprint density at radius 2 is 0.880 bits per heavy atom. The van der Waals surface area contributed by atoms with E-state index in [-0.39, 0.29) is 13.2 Å². The normalized spacial score (nSPS) is 11.8. The molecule has 0 atom stereocenters. The van der Waals surface area contributed by atoms with Crippen LogP contribution in [0.25, 0.3) is 44.8 Å². The number of hydrogen-bond acceptors (Lipinski definition) is 6. The van der Waals surface area contributed by atoms with E-state index in [9.17, 15) is 9.59 Å². The summed E-state index contributed by atoms with van der Waals surface area (Å²) in [5, 5.41) is 3.90. The van der Waals surface area contributed by atoms with Crippen LogP contribution in [0.4, 0.5) is 0 Å². The van der Waals surface area contributed by atoms with Gasteiger partial charge in [0.1, 0.15) is 24.7 Å². The smallest absolute Gasteiger partial charge is 0.337 e. The molecular formula is C44H38O6. The van der Waals surface area contributed by atoms with Crippen LogP contribution in [0.5, 0.6) is 11.5 Å². The van der Waals surface area contributed by atoms with E-state index in [1.54, 1.807) is 12.2 Å². The van der Waals surface area contributed by atoms with Gasteiger partial charge in [-0.3, -0.25) is 0 Å². The summed E-state index contributed by atoms with van der Waals surface area (Å²) in [4.78, 5) is 25.9. The molecule has 0 radical (unpaired) electrons. The Hall–Kier alpha value is -6.14. The summed E-state index contributed by atoms with van der Waals surface area (Å²) in [6.07, 6.45) is 3.57. The van der Waals surface area contributed by atoms with Crippen molar-refractivity contribution < 1.29 is 28.5 Å². The van der Waals surface area contributed by atoms with Crippen LogP contribution in [0.3, 0.4) is 0 Å². The zero-order valence-corrected chi connectivity index (χ0v) is 28.6. The highest BCUT2D eigenvalue weighted by Gasteiger charge is 2.21. The van der Waals surface area contributed by atoms with Gasteiger partial charge in [0, 0.05) is 11.1 Å². The van der Waals surface area contributed by atoms with Crippen molar-refractivity contribution in [2.24, 2.45) is 0 Å². The van der Waals surface area contributed by atoms with E-state index in [1.807, 2.05) is 135 Å². The van der Waals surface area contributed by atoms with Crippen molar-refractivity contribution in [2.45, 2.75) is 13.8 Å². The summed E-state index contributed by atoms with van der Waals surface area (Å²) < 4.78 is 23.4. The molecule has 0 heterocycles. The van der Waals surface area contributed by atoms with Crippen LogP contribution in [-0.2, 0) is 19.1 Å². The minimum absolute atomic E-state index is 0.0291. The van der Waals surface area contributed by atoms with Crippen LogP contribution in [-0.4, -0.2) is 39.4 Å². The van der Waals surface area contributed by atoms with Gasteiger partial charge in [0.25, 0.3) is 0 Å². The van der Waals surface area contributed by atoms with Gasteiger partial charge in [0.05, 0.1) is 25.4 Å². The maximum absolute atomic E-state index is 12.9. The van der Waals surface area contributed by atoms with Crippen molar-refractivity contribution in [1.29, 1.82) is 0 Å². The lowest BCUT2D eigenvalue weighted by atomic mass is 9.92. The standard InChI is InChI=1S/C44H38O6/c1-29-13-17-31(18-14-29)25-35(43(45)47-3)27-49-39-23-21-33-9-5-7-11-37(33)41(39)42-38-12-8-6-10-34(38)22-24-40(42)50-28-36(44(46)48-4)26-32-19-15-30(2)16-20-32/h5-26H,27-28H2,1-4H3/b35-25-,36-26-. The van der Waals surface area contributed by atoms with Gasteiger partial charge >= 0.3 is 11.9 Å². The summed E-state index contributed by atoms with van der Waals surface area (Å²) in [7, 11) is 2.73. The minimum atomic E-state index is -0.474. The number of carbonyl (C=O) groups is 2. The lowest BCUT2D eigenvalue weighted by Crippen LogP contribution is -2.14. The molecule has 0 N–H and O–H groups in total. The van der Waals surface area contributed by atoms with Crippen LogP contribution >= 0.6 is 0 Å². The number of ether oxygens (including phenoxy) is 4. The van der Waals surface area contributed by atoms with Crippen molar-refractivity contribution in [3.05, 3.63) is 155 Å². The first-order valence-corrected chi connectivity index (χ1v) is 16.3. The topological polar surface area (TPSA) is 71.1 Å². The lowest BCUT2D eigenvalue weighted by Gasteiger charge is -2.20. The fraction of sp³-hybridized carbons (Fsp3) is 0.136. The Labute approximate surface area is 292 Å². The molecule has 50 heavy (non-hydrogen) atoms. The Balaban J connectivity index is 1.46. The van der Waals surface area contributed by atoms with Gasteiger partial charge in [-0.05, 0) is 70.8 Å². The third kappa shape index (κ3) is 7.61. The van der Waals surface area contributed by atoms with Gasteiger partial charge in [-0.25, -0.2) is 9.59 Å². The van der Waals surface area contributed by atoms with Crippen LogP contribution in [0.2, 0.25) is 0 Å². The van der Waals surface area contributed by atoms with E-state index in [4.69, 9.17) is 18.9 Å². The predicted octanol–water partition coefficient (Wildman–Crippen LogP) is 9.55. The van der Waals surface area contributed by atoms with E-state index in [2.05, 4.69) is 0 Å². The highest BCUT2D eigenvalue weighted by Crippen LogP contribution is 2.45. The lowest BCUT2D eigenvalue weighted by molar-refractivity contribution is -0.137. The van der Waals surface area contributed by atoms with Gasteiger partial charge < -0.3 is 18.9 Å². The maximum Gasteiger partial charge on any atom is 0.337 e. The highest BCUT2D eigenvalue weighted by atomic mass is 16.5. The Bertz CT molecular complexity index is 2070. The average molecular weight is 663 g/mol. The quantitative estimate of drug-likeness (QED) is 0.102. The van der Waals surface area contributed by atoms with E-state index < -0.39 is 11.9 Å². The number of benzene rings is 6. The summed E-state index contributed by atoms with van der Waals surface area (Å²) in [6, 6.07) is 39.8. The summed E-state index contributed by atoms with van der Waals surface area (Å²) in [5.41, 5.74) is 6.31. The van der Waals surface area contributed by atoms with Crippen LogP contribution in [0, 0.1) is 13.8 Å². The molecule has 6 heteroatoms. The molecule has 0 bridgehead atoms. The van der Waals surface area contributed by atoms with Gasteiger partial charge in [0.15, 0.2) is 0 Å². The molecule has 0 amide bonds. The molecule has 0 aliphatic rings. The largest absolute Gasteiger partial charge is 0.488 e. The third-order valence-electron chi connectivity index (χ3n) is 8.53. The summed E-state index contributed by atoms with van der Waals surface area (Å²) >= 11 is 0. The first kappa shape index (κ1) is 33.7. The maximum atomic E-state index is 12.9. The Kier molecular flexibility index (Phi) is 10.4. The fourth-order valence-corrected chi connectivity index (χ4v) is 5.88. The van der Waals surface area contributed by atoms with Gasteiger partial charge in [-0.15, -0.1) is 0 Å². The number of hydrogen-bond donors (Lipinski definition) is 0. The number of rotatable bonds is 11. The van der Waals surface area contributed by atoms with E-state index in [0.717, 1.165) is 54.9 Å². The van der Waals surface area contributed by atoms with Gasteiger partial charge in [-0.1, -0.05) is 120 Å². The van der Waals surface area contributed by atoms with Crippen molar-refractivity contribution in [3.8, 4) is 22.6 Å². The molecule has 0 aromatic heterocycles. The second-order valence-corrected chi connectivity index (χ2v) is 12.0. The first-order chi connectivity index (χ1) is 24.3. The van der Waals surface area contributed by atoms with Gasteiger partial charge in [0.2, 0.25) is 0 Å². The minimum Gasteiger partial charge on any atom is -0.488 e. The van der Waals surface area contributed by atoms with Crippen LogP contribution < -0.4 is 9.47 Å². The molecule has 6 aromatic carbocycles. The predicted molar refractivity (Wildman–Crippen MR) is 200 cm³/mol. The Morgan fingerprint density at radius 3 is 1.26 bits per heavy atom. The number of fused-ring (bicyclic) bond motifs is 2.